The van der Waals surface area contributed by atoms with Gasteiger partial charge in [0.05, 0.1) is 10.7 Å². The van der Waals surface area contributed by atoms with Gasteiger partial charge in [0.25, 0.3) is 0 Å². The van der Waals surface area contributed by atoms with Crippen molar-refractivity contribution in [2.75, 3.05) is 13.2 Å². The van der Waals surface area contributed by atoms with Crippen LogP contribution in [0.3, 0.4) is 0 Å². The Kier molecular flexibility index (Phi) is 3.25. The Morgan fingerprint density at radius 1 is 1.38 bits per heavy atom. The molecule has 1 aliphatic rings. The number of aromatic nitrogens is 2. The maximum absolute atomic E-state index is 11.0. The molecule has 0 unspecified atom stereocenters. The SMILES string of the molecule is Cc1c(-c2cc(C(=O)O)nn2C)cc2c(c1Cl)OCCO2. The van der Waals surface area contributed by atoms with Gasteiger partial charge in [-0.2, -0.15) is 5.10 Å². The summed E-state index contributed by atoms with van der Waals surface area (Å²) in [5.74, 6) is 0.0212. The molecule has 7 heteroatoms. The van der Waals surface area contributed by atoms with E-state index in [1.807, 2.05) is 6.92 Å². The first-order valence-electron chi connectivity index (χ1n) is 6.35. The van der Waals surface area contributed by atoms with Gasteiger partial charge in [0.15, 0.2) is 17.2 Å². The van der Waals surface area contributed by atoms with Crippen LogP contribution in [-0.4, -0.2) is 34.1 Å². The molecule has 0 amide bonds. The summed E-state index contributed by atoms with van der Waals surface area (Å²) < 4.78 is 12.6. The zero-order valence-corrected chi connectivity index (χ0v) is 12.3. The number of hydrogen-bond donors (Lipinski definition) is 1. The van der Waals surface area contributed by atoms with Crippen LogP contribution in [0.1, 0.15) is 16.1 Å². The average Bonchev–Trinajstić information content (AvgIpc) is 2.85. The minimum atomic E-state index is -1.07. The summed E-state index contributed by atoms with van der Waals surface area (Å²) in [4.78, 5) is 11.0. The van der Waals surface area contributed by atoms with Gasteiger partial charge < -0.3 is 14.6 Å². The van der Waals surface area contributed by atoms with E-state index >= 15 is 0 Å². The number of carboxylic acids is 1. The Hall–Kier alpha value is -2.21. The van der Waals surface area contributed by atoms with E-state index in [1.54, 1.807) is 13.1 Å². The summed E-state index contributed by atoms with van der Waals surface area (Å²) in [6.45, 7) is 2.77. The smallest absolute Gasteiger partial charge is 0.356 e. The number of halogens is 1. The molecule has 6 nitrogen and oxygen atoms in total. The summed E-state index contributed by atoms with van der Waals surface area (Å²) in [7, 11) is 1.69. The molecule has 0 saturated heterocycles. The van der Waals surface area contributed by atoms with Crippen LogP contribution in [0.4, 0.5) is 0 Å². The number of aryl methyl sites for hydroxylation is 1. The van der Waals surface area contributed by atoms with E-state index in [0.29, 0.717) is 35.4 Å². The Morgan fingerprint density at radius 3 is 2.76 bits per heavy atom. The predicted octanol–water partition coefficient (Wildman–Crippen LogP) is 2.52. The summed E-state index contributed by atoms with van der Waals surface area (Å²) in [5, 5.41) is 13.5. The molecule has 1 aromatic heterocycles. The predicted molar refractivity (Wildman–Crippen MR) is 76.3 cm³/mol. The van der Waals surface area contributed by atoms with Crippen LogP contribution in [0.2, 0.25) is 5.02 Å². The molecule has 0 aliphatic carbocycles. The van der Waals surface area contributed by atoms with Crippen LogP contribution >= 0.6 is 11.6 Å². The molecule has 0 bridgehead atoms. The highest BCUT2D eigenvalue weighted by atomic mass is 35.5. The molecule has 3 rings (SSSR count). The molecule has 0 fully saturated rings. The van der Waals surface area contributed by atoms with E-state index in [0.717, 1.165) is 11.1 Å². The van der Waals surface area contributed by atoms with Crippen LogP contribution in [-0.2, 0) is 7.05 Å². The first-order valence-corrected chi connectivity index (χ1v) is 6.73. The average molecular weight is 309 g/mol. The molecular formula is C14H13ClN2O4. The lowest BCUT2D eigenvalue weighted by Crippen LogP contribution is -2.16. The lowest BCUT2D eigenvalue weighted by atomic mass is 10.0. The third-order valence-corrected chi connectivity index (χ3v) is 3.85. The zero-order chi connectivity index (χ0) is 15.1. The van der Waals surface area contributed by atoms with E-state index in [2.05, 4.69) is 5.10 Å². The number of nitrogens with zero attached hydrogens (tertiary/aromatic N) is 2. The first-order chi connectivity index (χ1) is 9.99. The first kappa shape index (κ1) is 13.8. The Labute approximate surface area is 125 Å². The second-order valence-electron chi connectivity index (χ2n) is 4.73. The third kappa shape index (κ3) is 2.21. The topological polar surface area (TPSA) is 73.6 Å². The van der Waals surface area contributed by atoms with Crippen molar-refractivity contribution in [2.45, 2.75) is 6.92 Å². The van der Waals surface area contributed by atoms with Gasteiger partial charge in [-0.25, -0.2) is 4.79 Å². The molecular weight excluding hydrogens is 296 g/mol. The Bertz CT molecular complexity index is 739. The van der Waals surface area contributed by atoms with E-state index < -0.39 is 5.97 Å². The molecule has 1 N–H and O–H groups in total. The minimum absolute atomic E-state index is 0.0158. The van der Waals surface area contributed by atoms with Crippen molar-refractivity contribution >= 4 is 17.6 Å². The van der Waals surface area contributed by atoms with Gasteiger partial charge in [0.2, 0.25) is 0 Å². The number of carbonyl (C=O) groups is 1. The highest BCUT2D eigenvalue weighted by molar-refractivity contribution is 6.33. The van der Waals surface area contributed by atoms with Crippen molar-refractivity contribution in [3.63, 3.8) is 0 Å². The molecule has 1 aliphatic heterocycles. The van der Waals surface area contributed by atoms with Crippen LogP contribution in [0.25, 0.3) is 11.3 Å². The molecule has 0 saturated carbocycles. The maximum atomic E-state index is 11.0. The normalized spacial score (nSPS) is 13.3. The van der Waals surface area contributed by atoms with Gasteiger partial charge in [-0.05, 0) is 24.6 Å². The van der Waals surface area contributed by atoms with Gasteiger partial charge in [0, 0.05) is 12.6 Å². The molecule has 1 aromatic carbocycles. The Balaban J connectivity index is 2.19. The number of rotatable bonds is 2. The van der Waals surface area contributed by atoms with Crippen LogP contribution in [0.5, 0.6) is 11.5 Å². The van der Waals surface area contributed by atoms with Crippen molar-refractivity contribution < 1.29 is 19.4 Å². The fourth-order valence-electron chi connectivity index (χ4n) is 2.33. The number of carboxylic acid groups (broad SMARTS) is 1. The summed E-state index contributed by atoms with van der Waals surface area (Å²) in [6.07, 6.45) is 0. The highest BCUT2D eigenvalue weighted by Gasteiger charge is 2.23. The summed E-state index contributed by atoms with van der Waals surface area (Å²) in [6, 6.07) is 3.31. The summed E-state index contributed by atoms with van der Waals surface area (Å²) in [5.41, 5.74) is 2.20. The number of hydrogen-bond acceptors (Lipinski definition) is 4. The molecule has 2 heterocycles. The van der Waals surface area contributed by atoms with Crippen LogP contribution in [0.15, 0.2) is 12.1 Å². The van der Waals surface area contributed by atoms with Crippen molar-refractivity contribution in [3.05, 3.63) is 28.4 Å². The van der Waals surface area contributed by atoms with Crippen molar-refractivity contribution in [1.82, 2.24) is 9.78 Å². The zero-order valence-electron chi connectivity index (χ0n) is 11.5. The van der Waals surface area contributed by atoms with Gasteiger partial charge in [-0.15, -0.1) is 0 Å². The van der Waals surface area contributed by atoms with Crippen molar-refractivity contribution in [3.8, 4) is 22.8 Å². The number of aromatic carboxylic acids is 1. The van der Waals surface area contributed by atoms with Gasteiger partial charge in [0.1, 0.15) is 13.2 Å². The van der Waals surface area contributed by atoms with E-state index in [1.165, 1.54) is 10.7 Å². The fraction of sp³-hybridized carbons (Fsp3) is 0.286. The quantitative estimate of drug-likeness (QED) is 0.923. The van der Waals surface area contributed by atoms with E-state index in [-0.39, 0.29) is 5.69 Å². The number of ether oxygens (including phenoxy) is 2. The molecule has 0 radical (unpaired) electrons. The van der Waals surface area contributed by atoms with Crippen LogP contribution < -0.4 is 9.47 Å². The molecule has 0 spiro atoms. The van der Waals surface area contributed by atoms with Crippen molar-refractivity contribution in [1.29, 1.82) is 0 Å². The monoisotopic (exact) mass is 308 g/mol. The Morgan fingerprint density at radius 2 is 2.10 bits per heavy atom. The van der Waals surface area contributed by atoms with Gasteiger partial charge >= 0.3 is 5.97 Å². The maximum Gasteiger partial charge on any atom is 0.356 e. The number of fused-ring (bicyclic) bond motifs is 1. The summed E-state index contributed by atoms with van der Waals surface area (Å²) >= 11 is 6.34. The standard InChI is InChI=1S/C14H13ClN2O4/c1-7-8(10-6-9(14(18)19)16-17(10)2)5-11-13(12(7)15)21-4-3-20-11/h5-6H,3-4H2,1-2H3,(H,18,19). The van der Waals surface area contributed by atoms with Gasteiger partial charge in [-0.1, -0.05) is 11.6 Å². The highest BCUT2D eigenvalue weighted by Crippen LogP contribution is 2.44. The molecule has 2 aromatic rings. The molecule has 0 atom stereocenters. The minimum Gasteiger partial charge on any atom is -0.486 e. The van der Waals surface area contributed by atoms with E-state index in [9.17, 15) is 4.79 Å². The lowest BCUT2D eigenvalue weighted by Gasteiger charge is -2.22. The lowest BCUT2D eigenvalue weighted by molar-refractivity contribution is 0.0689. The fourth-order valence-corrected chi connectivity index (χ4v) is 2.58. The van der Waals surface area contributed by atoms with Crippen LogP contribution in [0, 0.1) is 6.92 Å². The molecule has 21 heavy (non-hydrogen) atoms. The van der Waals surface area contributed by atoms with Gasteiger partial charge in [-0.3, -0.25) is 4.68 Å². The largest absolute Gasteiger partial charge is 0.486 e. The second kappa shape index (κ2) is 4.96. The van der Waals surface area contributed by atoms with Crippen molar-refractivity contribution in [2.24, 2.45) is 7.05 Å². The third-order valence-electron chi connectivity index (χ3n) is 3.39. The van der Waals surface area contributed by atoms with E-state index in [4.69, 9.17) is 26.2 Å². The molecule has 110 valence electrons. The second-order valence-corrected chi connectivity index (χ2v) is 5.11. The number of benzene rings is 1.